The van der Waals surface area contributed by atoms with Crippen LogP contribution in [-0.2, 0) is 13.0 Å². The molecule has 0 saturated heterocycles. The van der Waals surface area contributed by atoms with Crippen molar-refractivity contribution >= 4 is 17.4 Å². The summed E-state index contributed by atoms with van der Waals surface area (Å²) < 4.78 is 6.88. The van der Waals surface area contributed by atoms with Crippen LogP contribution in [0.2, 0.25) is 5.02 Å². The van der Waals surface area contributed by atoms with Gasteiger partial charge in [-0.05, 0) is 18.6 Å². The van der Waals surface area contributed by atoms with Gasteiger partial charge < -0.3 is 4.42 Å². The molecule has 0 aliphatic rings. The first-order chi connectivity index (χ1) is 8.72. The highest BCUT2D eigenvalue weighted by molar-refractivity contribution is 6.33. The Kier molecular flexibility index (Phi) is 4.20. The van der Waals surface area contributed by atoms with E-state index >= 15 is 0 Å². The normalized spacial score (nSPS) is 10.8. The van der Waals surface area contributed by atoms with Crippen LogP contribution in [-0.4, -0.2) is 15.6 Å². The van der Waals surface area contributed by atoms with Crippen LogP contribution in [0.4, 0.5) is 0 Å². The highest BCUT2D eigenvalue weighted by Gasteiger charge is 2.17. The van der Waals surface area contributed by atoms with E-state index < -0.39 is 0 Å². The molecule has 2 aromatic heterocycles. The number of nitrogens with zero attached hydrogens (tertiary/aromatic N) is 2. The van der Waals surface area contributed by atoms with Crippen LogP contribution in [0.15, 0.2) is 29.0 Å². The maximum absolute atomic E-state index is 12.1. The van der Waals surface area contributed by atoms with E-state index in [0.29, 0.717) is 30.1 Å². The number of aromatic nitrogens is 2. The molecule has 5 heteroatoms. The summed E-state index contributed by atoms with van der Waals surface area (Å²) >= 11 is 6.01. The summed E-state index contributed by atoms with van der Waals surface area (Å²) in [4.78, 5) is 12.1. The van der Waals surface area contributed by atoms with Crippen LogP contribution in [0.3, 0.4) is 0 Å². The number of ketones is 1. The average Bonchev–Trinajstić information content (AvgIpc) is 2.97. The van der Waals surface area contributed by atoms with Gasteiger partial charge in [-0.25, -0.2) is 0 Å². The molecule has 96 valence electrons. The lowest BCUT2D eigenvalue weighted by Crippen LogP contribution is -2.11. The Hall–Kier alpha value is -1.55. The second kappa shape index (κ2) is 5.87. The molecule has 2 rings (SSSR count). The van der Waals surface area contributed by atoms with Crippen LogP contribution in [0.5, 0.6) is 0 Å². The second-order valence-electron chi connectivity index (χ2n) is 4.07. The Labute approximate surface area is 111 Å². The maximum Gasteiger partial charge on any atom is 0.182 e. The summed E-state index contributed by atoms with van der Waals surface area (Å²) in [5, 5.41) is 4.54. The first-order valence-electron chi connectivity index (χ1n) is 5.99. The Balaban J connectivity index is 2.06. The zero-order chi connectivity index (χ0) is 13.0. The molecule has 0 aromatic carbocycles. The summed E-state index contributed by atoms with van der Waals surface area (Å²) in [7, 11) is 0. The van der Waals surface area contributed by atoms with Gasteiger partial charge in [0.15, 0.2) is 5.78 Å². The molecule has 0 aliphatic heterocycles. The first kappa shape index (κ1) is 12.9. The Morgan fingerprint density at radius 2 is 2.39 bits per heavy atom. The number of hydrogen-bond acceptors (Lipinski definition) is 3. The van der Waals surface area contributed by atoms with E-state index in [4.69, 9.17) is 16.0 Å². The van der Waals surface area contributed by atoms with Gasteiger partial charge in [0.2, 0.25) is 0 Å². The van der Waals surface area contributed by atoms with Gasteiger partial charge in [0.05, 0.1) is 17.5 Å². The summed E-state index contributed by atoms with van der Waals surface area (Å²) in [6, 6.07) is 3.67. The molecule has 0 saturated carbocycles. The van der Waals surface area contributed by atoms with Crippen molar-refractivity contribution in [2.45, 2.75) is 32.7 Å². The minimum Gasteiger partial charge on any atom is -0.469 e. The fourth-order valence-electron chi connectivity index (χ4n) is 1.83. The number of aryl methyl sites for hydroxylation is 2. The third kappa shape index (κ3) is 2.82. The molecule has 0 fully saturated rings. The number of Topliss-reactive ketones (excluding diaryl/α,β-unsaturated/α-hetero) is 1. The first-order valence-corrected chi connectivity index (χ1v) is 6.37. The molecular formula is C13H15ClN2O2. The lowest BCUT2D eigenvalue weighted by atomic mass is 10.1. The molecule has 0 bridgehead atoms. The van der Waals surface area contributed by atoms with E-state index in [1.807, 2.05) is 19.1 Å². The molecule has 0 unspecified atom stereocenters. The molecule has 0 spiro atoms. The smallest absolute Gasteiger partial charge is 0.182 e. The van der Waals surface area contributed by atoms with Crippen molar-refractivity contribution in [1.82, 2.24) is 9.78 Å². The topological polar surface area (TPSA) is 48.0 Å². The predicted molar refractivity (Wildman–Crippen MR) is 68.9 cm³/mol. The Bertz CT molecular complexity index is 517. The predicted octanol–water partition coefficient (Wildman–Crippen LogP) is 3.36. The molecule has 18 heavy (non-hydrogen) atoms. The molecular weight excluding hydrogens is 252 g/mol. The zero-order valence-electron chi connectivity index (χ0n) is 10.2. The summed E-state index contributed by atoms with van der Waals surface area (Å²) in [6.07, 6.45) is 5.00. The number of carbonyl (C=O) groups is 1. The van der Waals surface area contributed by atoms with Gasteiger partial charge in [-0.3, -0.25) is 9.48 Å². The van der Waals surface area contributed by atoms with Gasteiger partial charge in [0.1, 0.15) is 11.5 Å². The number of rotatable bonds is 6. The average molecular weight is 267 g/mol. The van der Waals surface area contributed by atoms with E-state index in [2.05, 4.69) is 5.10 Å². The highest BCUT2D eigenvalue weighted by Crippen LogP contribution is 2.18. The van der Waals surface area contributed by atoms with Gasteiger partial charge in [-0.2, -0.15) is 5.10 Å². The van der Waals surface area contributed by atoms with Crippen LogP contribution in [0.25, 0.3) is 0 Å². The number of carbonyl (C=O) groups excluding carboxylic acids is 1. The van der Waals surface area contributed by atoms with Gasteiger partial charge in [-0.15, -0.1) is 0 Å². The van der Waals surface area contributed by atoms with Crippen molar-refractivity contribution in [1.29, 1.82) is 0 Å². The van der Waals surface area contributed by atoms with Gasteiger partial charge >= 0.3 is 0 Å². The minimum absolute atomic E-state index is 0.00218. The third-order valence-electron chi connectivity index (χ3n) is 2.67. The fourth-order valence-corrected chi connectivity index (χ4v) is 2.08. The second-order valence-corrected chi connectivity index (χ2v) is 4.47. The SMILES string of the molecule is CCCn1ncc(Cl)c1C(=O)CCc1ccco1. The molecule has 0 amide bonds. The lowest BCUT2D eigenvalue weighted by Gasteiger charge is -2.05. The van der Waals surface area contributed by atoms with Crippen LogP contribution in [0.1, 0.15) is 36.0 Å². The number of furan rings is 1. The molecule has 2 aromatic rings. The van der Waals surface area contributed by atoms with Crippen molar-refractivity contribution in [2.75, 3.05) is 0 Å². The monoisotopic (exact) mass is 266 g/mol. The quantitative estimate of drug-likeness (QED) is 0.753. The summed E-state index contributed by atoms with van der Waals surface area (Å²) in [5.74, 6) is 0.809. The molecule has 0 atom stereocenters. The molecule has 4 nitrogen and oxygen atoms in total. The summed E-state index contributed by atoms with van der Waals surface area (Å²) in [5.41, 5.74) is 0.505. The molecule has 0 aliphatic carbocycles. The molecule has 2 heterocycles. The molecule has 0 radical (unpaired) electrons. The minimum atomic E-state index is 0.00218. The number of hydrogen-bond donors (Lipinski definition) is 0. The van der Waals surface area contributed by atoms with Crippen LogP contribution >= 0.6 is 11.6 Å². The standard InChI is InChI=1S/C13H15ClN2O2/c1-2-7-16-13(11(14)9-15-16)12(17)6-5-10-4-3-8-18-10/h3-4,8-9H,2,5-7H2,1H3. The van der Waals surface area contributed by atoms with Crippen molar-refractivity contribution in [2.24, 2.45) is 0 Å². The van der Waals surface area contributed by atoms with Gasteiger partial charge in [-0.1, -0.05) is 18.5 Å². The van der Waals surface area contributed by atoms with E-state index in [1.54, 1.807) is 10.9 Å². The largest absolute Gasteiger partial charge is 0.469 e. The number of halogens is 1. The van der Waals surface area contributed by atoms with E-state index in [-0.39, 0.29) is 5.78 Å². The maximum atomic E-state index is 12.1. The van der Waals surface area contributed by atoms with E-state index in [9.17, 15) is 4.79 Å². The zero-order valence-corrected chi connectivity index (χ0v) is 11.0. The van der Waals surface area contributed by atoms with Crippen LogP contribution in [0, 0.1) is 0 Å². The van der Waals surface area contributed by atoms with E-state index in [1.165, 1.54) is 6.20 Å². The van der Waals surface area contributed by atoms with Crippen molar-refractivity contribution < 1.29 is 9.21 Å². The summed E-state index contributed by atoms with van der Waals surface area (Å²) in [6.45, 7) is 2.74. The Morgan fingerprint density at radius 1 is 1.56 bits per heavy atom. The highest BCUT2D eigenvalue weighted by atomic mass is 35.5. The van der Waals surface area contributed by atoms with E-state index in [0.717, 1.165) is 12.2 Å². The van der Waals surface area contributed by atoms with Crippen molar-refractivity contribution in [3.8, 4) is 0 Å². The van der Waals surface area contributed by atoms with Crippen molar-refractivity contribution in [3.05, 3.63) is 41.1 Å². The lowest BCUT2D eigenvalue weighted by molar-refractivity contribution is 0.0970. The Morgan fingerprint density at radius 3 is 3.06 bits per heavy atom. The van der Waals surface area contributed by atoms with Gasteiger partial charge in [0.25, 0.3) is 0 Å². The van der Waals surface area contributed by atoms with Crippen molar-refractivity contribution in [3.63, 3.8) is 0 Å². The van der Waals surface area contributed by atoms with Crippen LogP contribution < -0.4 is 0 Å². The third-order valence-corrected chi connectivity index (χ3v) is 2.95. The van der Waals surface area contributed by atoms with Gasteiger partial charge in [0, 0.05) is 19.4 Å². The molecule has 0 N–H and O–H groups in total. The fraction of sp³-hybridized carbons (Fsp3) is 0.385.